The number of carbonyl (C=O) groups is 2. The highest BCUT2D eigenvalue weighted by atomic mass is 35.5. The van der Waals surface area contributed by atoms with Crippen molar-refractivity contribution in [1.82, 2.24) is 9.80 Å². The van der Waals surface area contributed by atoms with Crippen LogP contribution in [0.25, 0.3) is 0 Å². The number of halogens is 1. The lowest BCUT2D eigenvalue weighted by Gasteiger charge is -2.27. The average Bonchev–Trinajstić information content (AvgIpc) is 3.06. The van der Waals surface area contributed by atoms with Crippen LogP contribution in [0.4, 0.5) is 5.69 Å². The molecule has 2 aromatic carbocycles. The van der Waals surface area contributed by atoms with E-state index in [9.17, 15) is 9.59 Å². The number of anilines is 1. The van der Waals surface area contributed by atoms with Gasteiger partial charge >= 0.3 is 0 Å². The van der Waals surface area contributed by atoms with Gasteiger partial charge in [0.1, 0.15) is 5.75 Å². The van der Waals surface area contributed by atoms with Crippen LogP contribution in [0.1, 0.15) is 30.9 Å². The van der Waals surface area contributed by atoms with Crippen LogP contribution in [0.2, 0.25) is 5.02 Å². The lowest BCUT2D eigenvalue weighted by Crippen LogP contribution is -2.44. The largest absolute Gasteiger partial charge is 0.497 e. The molecule has 1 unspecified atom stereocenters. The zero-order valence-corrected chi connectivity index (χ0v) is 19.8. The maximum absolute atomic E-state index is 12.8. The normalized spacial score (nSPS) is 15.7. The third-order valence-electron chi connectivity index (χ3n) is 6.05. The fourth-order valence-corrected chi connectivity index (χ4v) is 4.08. The Hall–Kier alpha value is -2.57. The Morgan fingerprint density at radius 2 is 1.84 bits per heavy atom. The summed E-state index contributed by atoms with van der Waals surface area (Å²) in [5.74, 6) is 0.917. The number of methoxy groups -OCH3 is 1. The number of hydrogen-bond donors (Lipinski definition) is 1. The standard InChI is InChI=1S/C25H32ClN3O3/c1-18-5-9-21(26)17-23(18)27-25(31)19(2)28-13-4-14-29(16-15-28)24(30)12-8-20-6-10-22(32-3)11-7-20/h5-7,9-11,17,19H,4,8,12-16H2,1-3H3,(H,27,31). The number of nitrogens with zero attached hydrogens (tertiary/aromatic N) is 2. The van der Waals surface area contributed by atoms with Crippen molar-refractivity contribution in [2.24, 2.45) is 0 Å². The molecule has 0 radical (unpaired) electrons. The summed E-state index contributed by atoms with van der Waals surface area (Å²) >= 11 is 6.07. The maximum Gasteiger partial charge on any atom is 0.241 e. The monoisotopic (exact) mass is 457 g/mol. The summed E-state index contributed by atoms with van der Waals surface area (Å²) < 4.78 is 5.18. The zero-order valence-electron chi connectivity index (χ0n) is 19.1. The van der Waals surface area contributed by atoms with Crippen LogP contribution < -0.4 is 10.1 Å². The van der Waals surface area contributed by atoms with Gasteiger partial charge in [0.25, 0.3) is 0 Å². The van der Waals surface area contributed by atoms with Gasteiger partial charge in [-0.1, -0.05) is 29.8 Å². The molecule has 2 amide bonds. The Kier molecular flexibility index (Phi) is 8.53. The molecule has 1 N–H and O–H groups in total. The van der Waals surface area contributed by atoms with Crippen LogP contribution in [0.3, 0.4) is 0 Å². The van der Waals surface area contributed by atoms with Gasteiger partial charge in [-0.3, -0.25) is 14.5 Å². The first-order valence-electron chi connectivity index (χ1n) is 11.1. The fourth-order valence-electron chi connectivity index (χ4n) is 3.91. The molecule has 172 valence electrons. The molecule has 0 bridgehead atoms. The Bertz CT molecular complexity index is 933. The van der Waals surface area contributed by atoms with Gasteiger partial charge in [0.05, 0.1) is 13.2 Å². The number of nitrogens with one attached hydrogen (secondary N) is 1. The fraction of sp³-hybridized carbons (Fsp3) is 0.440. The number of ether oxygens (including phenoxy) is 1. The third-order valence-corrected chi connectivity index (χ3v) is 6.29. The summed E-state index contributed by atoms with van der Waals surface area (Å²) in [5, 5.41) is 3.59. The number of hydrogen-bond acceptors (Lipinski definition) is 4. The average molecular weight is 458 g/mol. The van der Waals surface area contributed by atoms with Crippen molar-refractivity contribution in [1.29, 1.82) is 0 Å². The van der Waals surface area contributed by atoms with Crippen LogP contribution in [-0.2, 0) is 16.0 Å². The molecule has 1 atom stereocenters. The Balaban J connectivity index is 1.50. The highest BCUT2D eigenvalue weighted by Gasteiger charge is 2.26. The summed E-state index contributed by atoms with van der Waals surface area (Å²) in [6.45, 7) is 6.67. The number of aryl methyl sites for hydroxylation is 2. The predicted octanol–water partition coefficient (Wildman–Crippen LogP) is 4.15. The van der Waals surface area contributed by atoms with Crippen molar-refractivity contribution in [3.05, 3.63) is 58.6 Å². The van der Waals surface area contributed by atoms with E-state index in [0.717, 1.165) is 42.1 Å². The minimum Gasteiger partial charge on any atom is -0.497 e. The first kappa shape index (κ1) is 24.1. The Labute approximate surface area is 195 Å². The van der Waals surface area contributed by atoms with Gasteiger partial charge < -0.3 is 15.0 Å². The van der Waals surface area contributed by atoms with Gasteiger partial charge in [0.2, 0.25) is 11.8 Å². The summed E-state index contributed by atoms with van der Waals surface area (Å²) in [4.78, 5) is 29.7. The van der Waals surface area contributed by atoms with E-state index in [0.29, 0.717) is 31.0 Å². The van der Waals surface area contributed by atoms with E-state index in [4.69, 9.17) is 16.3 Å². The predicted molar refractivity (Wildman–Crippen MR) is 128 cm³/mol. The van der Waals surface area contributed by atoms with E-state index in [2.05, 4.69) is 10.2 Å². The quantitative estimate of drug-likeness (QED) is 0.678. The molecular formula is C25H32ClN3O3. The molecule has 1 aliphatic heterocycles. The van der Waals surface area contributed by atoms with Gasteiger partial charge in [-0.2, -0.15) is 0 Å². The SMILES string of the molecule is COc1ccc(CCC(=O)N2CCCN(C(C)C(=O)Nc3cc(Cl)ccc3C)CC2)cc1. The highest BCUT2D eigenvalue weighted by Crippen LogP contribution is 2.21. The molecule has 2 aromatic rings. The van der Waals surface area contributed by atoms with Crippen LogP contribution >= 0.6 is 11.6 Å². The Morgan fingerprint density at radius 3 is 2.56 bits per heavy atom. The van der Waals surface area contributed by atoms with E-state index >= 15 is 0 Å². The first-order valence-corrected chi connectivity index (χ1v) is 11.5. The second-order valence-electron chi connectivity index (χ2n) is 8.24. The molecule has 1 heterocycles. The molecule has 0 aliphatic carbocycles. The zero-order chi connectivity index (χ0) is 23.1. The molecule has 1 aliphatic rings. The van der Waals surface area contributed by atoms with Crippen molar-refractivity contribution in [2.45, 2.75) is 39.2 Å². The molecule has 0 spiro atoms. The minimum atomic E-state index is -0.289. The second-order valence-corrected chi connectivity index (χ2v) is 8.68. The smallest absolute Gasteiger partial charge is 0.241 e. The summed E-state index contributed by atoms with van der Waals surface area (Å²) in [7, 11) is 1.64. The van der Waals surface area contributed by atoms with Gasteiger partial charge in [0.15, 0.2) is 0 Å². The molecule has 6 nitrogen and oxygen atoms in total. The van der Waals surface area contributed by atoms with Gasteiger partial charge in [-0.05, 0) is 62.1 Å². The van der Waals surface area contributed by atoms with Gasteiger partial charge in [0, 0.05) is 43.3 Å². The van der Waals surface area contributed by atoms with Gasteiger partial charge in [-0.15, -0.1) is 0 Å². The Morgan fingerprint density at radius 1 is 1.09 bits per heavy atom. The van der Waals surface area contributed by atoms with Crippen LogP contribution in [-0.4, -0.2) is 60.9 Å². The molecule has 0 aromatic heterocycles. The topological polar surface area (TPSA) is 61.9 Å². The number of carbonyl (C=O) groups excluding carboxylic acids is 2. The van der Waals surface area contributed by atoms with E-state index in [1.54, 1.807) is 13.2 Å². The molecule has 32 heavy (non-hydrogen) atoms. The third kappa shape index (κ3) is 6.47. The van der Waals surface area contributed by atoms with Crippen molar-refractivity contribution >= 4 is 29.1 Å². The summed E-state index contributed by atoms with van der Waals surface area (Å²) in [5.41, 5.74) is 2.83. The molecular weight excluding hydrogens is 426 g/mol. The minimum absolute atomic E-state index is 0.0605. The van der Waals surface area contributed by atoms with Crippen molar-refractivity contribution in [2.75, 3.05) is 38.6 Å². The lowest BCUT2D eigenvalue weighted by molar-refractivity contribution is -0.131. The molecule has 1 fully saturated rings. The maximum atomic E-state index is 12.8. The second kappa shape index (κ2) is 11.3. The van der Waals surface area contributed by atoms with Crippen LogP contribution in [0.15, 0.2) is 42.5 Å². The lowest BCUT2D eigenvalue weighted by atomic mass is 10.1. The van der Waals surface area contributed by atoms with Crippen LogP contribution in [0, 0.1) is 6.92 Å². The molecule has 0 saturated carbocycles. The molecule has 3 rings (SSSR count). The van der Waals surface area contributed by atoms with E-state index in [1.165, 1.54) is 0 Å². The van der Waals surface area contributed by atoms with Crippen molar-refractivity contribution in [3.63, 3.8) is 0 Å². The summed E-state index contributed by atoms with van der Waals surface area (Å²) in [6, 6.07) is 13.0. The van der Waals surface area contributed by atoms with E-state index in [1.807, 2.05) is 55.1 Å². The van der Waals surface area contributed by atoms with Crippen molar-refractivity contribution < 1.29 is 14.3 Å². The number of amides is 2. The molecule has 1 saturated heterocycles. The number of benzene rings is 2. The van der Waals surface area contributed by atoms with E-state index < -0.39 is 0 Å². The number of rotatable bonds is 7. The highest BCUT2D eigenvalue weighted by molar-refractivity contribution is 6.31. The van der Waals surface area contributed by atoms with Gasteiger partial charge in [-0.25, -0.2) is 0 Å². The van der Waals surface area contributed by atoms with E-state index in [-0.39, 0.29) is 17.9 Å². The molecule has 7 heteroatoms. The van der Waals surface area contributed by atoms with Crippen molar-refractivity contribution in [3.8, 4) is 5.75 Å². The van der Waals surface area contributed by atoms with Crippen LogP contribution in [0.5, 0.6) is 5.75 Å². The first-order chi connectivity index (χ1) is 15.4. The summed E-state index contributed by atoms with van der Waals surface area (Å²) in [6.07, 6.45) is 2.04.